The number of hydrogen-bond donors (Lipinski definition) is 1. The Morgan fingerprint density at radius 2 is 2.13 bits per heavy atom. The predicted octanol–water partition coefficient (Wildman–Crippen LogP) is 3.28. The van der Waals surface area contributed by atoms with Gasteiger partial charge in [0.25, 0.3) is 0 Å². The zero-order valence-corrected chi connectivity index (χ0v) is 9.60. The van der Waals surface area contributed by atoms with Crippen LogP contribution in [-0.2, 0) is 0 Å². The highest BCUT2D eigenvalue weighted by molar-refractivity contribution is 5.34. The quantitative estimate of drug-likeness (QED) is 0.747. The summed E-state index contributed by atoms with van der Waals surface area (Å²) < 4.78 is 13.8. The predicted molar refractivity (Wildman–Crippen MR) is 62.5 cm³/mol. The molecule has 0 aliphatic heterocycles. The molecule has 0 spiro atoms. The van der Waals surface area contributed by atoms with Gasteiger partial charge in [-0.3, -0.25) is 0 Å². The summed E-state index contributed by atoms with van der Waals surface area (Å²) in [5, 5.41) is 3.11. The van der Waals surface area contributed by atoms with Crippen LogP contribution in [0.5, 0.6) is 0 Å². The van der Waals surface area contributed by atoms with Crippen molar-refractivity contribution < 1.29 is 4.39 Å². The number of halogens is 1. The lowest BCUT2D eigenvalue weighted by Crippen LogP contribution is -2.18. The lowest BCUT2D eigenvalue weighted by molar-refractivity contribution is 0.536. The molecule has 0 aromatic heterocycles. The number of hydrogen-bond acceptors (Lipinski definition) is 1. The lowest BCUT2D eigenvalue weighted by Gasteiger charge is -2.18. The highest BCUT2D eigenvalue weighted by Gasteiger charge is 2.15. The van der Waals surface area contributed by atoms with E-state index in [2.05, 4.69) is 11.9 Å². The molecular weight excluding hydrogens is 189 g/mol. The Bertz CT molecular complexity index is 335. The van der Waals surface area contributed by atoms with E-state index in [1.54, 1.807) is 12.1 Å². The second-order valence-electron chi connectivity index (χ2n) is 3.84. The molecule has 1 rings (SSSR count). The Hall–Kier alpha value is -1.15. The van der Waals surface area contributed by atoms with Crippen LogP contribution < -0.4 is 5.32 Å². The van der Waals surface area contributed by atoms with E-state index < -0.39 is 0 Å². The Labute approximate surface area is 91.0 Å². The average Bonchev–Trinajstić information content (AvgIpc) is 2.14. The van der Waals surface area contributed by atoms with E-state index in [0.717, 1.165) is 23.1 Å². The van der Waals surface area contributed by atoms with Gasteiger partial charge in [0.1, 0.15) is 5.82 Å². The van der Waals surface area contributed by atoms with Crippen LogP contribution in [0.4, 0.5) is 4.39 Å². The van der Waals surface area contributed by atoms with E-state index >= 15 is 0 Å². The average molecular weight is 207 g/mol. The molecule has 15 heavy (non-hydrogen) atoms. The van der Waals surface area contributed by atoms with Crippen LogP contribution in [0.3, 0.4) is 0 Å². The molecule has 0 fully saturated rings. The van der Waals surface area contributed by atoms with Gasteiger partial charge in [0, 0.05) is 11.6 Å². The summed E-state index contributed by atoms with van der Waals surface area (Å²) in [6, 6.07) is 3.60. The van der Waals surface area contributed by atoms with Crippen molar-refractivity contribution in [3.63, 3.8) is 0 Å². The van der Waals surface area contributed by atoms with Crippen molar-refractivity contribution in [2.45, 2.75) is 26.3 Å². The zero-order valence-electron chi connectivity index (χ0n) is 9.60. The van der Waals surface area contributed by atoms with Crippen molar-refractivity contribution in [2.24, 2.45) is 0 Å². The summed E-state index contributed by atoms with van der Waals surface area (Å²) in [7, 11) is 1.84. The Balaban J connectivity index is 3.16. The fourth-order valence-corrected chi connectivity index (χ4v) is 1.91. The standard InChI is InChI=1S/C13H18FN/c1-5-6-12(15-4)13-10(3)7-9(2)8-11(13)14/h5,7-8,12,15H,1,6H2,2-4H3. The monoisotopic (exact) mass is 207 g/mol. The van der Waals surface area contributed by atoms with Gasteiger partial charge in [-0.15, -0.1) is 6.58 Å². The molecule has 1 aromatic carbocycles. The van der Waals surface area contributed by atoms with E-state index in [1.807, 2.05) is 27.0 Å². The zero-order chi connectivity index (χ0) is 11.4. The Kier molecular flexibility index (Phi) is 4.04. The van der Waals surface area contributed by atoms with Crippen molar-refractivity contribution in [3.8, 4) is 0 Å². The Morgan fingerprint density at radius 3 is 2.60 bits per heavy atom. The fourth-order valence-electron chi connectivity index (χ4n) is 1.91. The van der Waals surface area contributed by atoms with Crippen LogP contribution in [0.15, 0.2) is 24.8 Å². The van der Waals surface area contributed by atoms with E-state index in [9.17, 15) is 4.39 Å². The topological polar surface area (TPSA) is 12.0 Å². The lowest BCUT2D eigenvalue weighted by atomic mass is 9.96. The molecule has 2 heteroatoms. The largest absolute Gasteiger partial charge is 0.313 e. The van der Waals surface area contributed by atoms with Crippen molar-refractivity contribution >= 4 is 0 Å². The molecule has 82 valence electrons. The molecule has 0 bridgehead atoms. The summed E-state index contributed by atoms with van der Waals surface area (Å²) in [4.78, 5) is 0. The first-order valence-electron chi connectivity index (χ1n) is 5.15. The van der Waals surface area contributed by atoms with Gasteiger partial charge < -0.3 is 5.32 Å². The summed E-state index contributed by atoms with van der Waals surface area (Å²) in [5.74, 6) is -0.131. The molecule has 0 saturated heterocycles. The molecule has 1 atom stereocenters. The van der Waals surface area contributed by atoms with Gasteiger partial charge in [-0.25, -0.2) is 4.39 Å². The number of nitrogens with one attached hydrogen (secondary N) is 1. The van der Waals surface area contributed by atoms with Crippen molar-refractivity contribution in [1.29, 1.82) is 0 Å². The number of aryl methyl sites for hydroxylation is 2. The molecule has 0 radical (unpaired) electrons. The summed E-state index contributed by atoms with van der Waals surface area (Å²) in [6.45, 7) is 7.54. The SMILES string of the molecule is C=CCC(NC)c1c(C)cc(C)cc1F. The molecular formula is C13H18FN. The molecule has 1 unspecified atom stereocenters. The van der Waals surface area contributed by atoms with Crippen molar-refractivity contribution in [2.75, 3.05) is 7.05 Å². The van der Waals surface area contributed by atoms with Crippen molar-refractivity contribution in [1.82, 2.24) is 5.32 Å². The fraction of sp³-hybridized carbons (Fsp3) is 0.385. The molecule has 1 nitrogen and oxygen atoms in total. The summed E-state index contributed by atoms with van der Waals surface area (Å²) in [5.41, 5.74) is 2.71. The van der Waals surface area contributed by atoms with E-state index in [-0.39, 0.29) is 11.9 Å². The molecule has 1 N–H and O–H groups in total. The third-order valence-electron chi connectivity index (χ3n) is 2.58. The maximum atomic E-state index is 13.8. The van der Waals surface area contributed by atoms with Crippen LogP contribution in [-0.4, -0.2) is 7.05 Å². The van der Waals surface area contributed by atoms with Crippen LogP contribution in [0.25, 0.3) is 0 Å². The molecule has 0 saturated carbocycles. The minimum absolute atomic E-state index is 0.0168. The molecule has 1 aromatic rings. The third kappa shape index (κ3) is 2.66. The van der Waals surface area contributed by atoms with E-state index in [1.165, 1.54) is 0 Å². The molecule has 0 heterocycles. The molecule has 0 aliphatic rings. The van der Waals surface area contributed by atoms with Gasteiger partial charge in [0.15, 0.2) is 0 Å². The maximum absolute atomic E-state index is 13.8. The minimum Gasteiger partial charge on any atom is -0.313 e. The normalized spacial score (nSPS) is 12.5. The van der Waals surface area contributed by atoms with Gasteiger partial charge in [0.05, 0.1) is 0 Å². The first kappa shape index (κ1) is 11.9. The number of rotatable bonds is 4. The minimum atomic E-state index is -0.131. The smallest absolute Gasteiger partial charge is 0.128 e. The Morgan fingerprint density at radius 1 is 1.47 bits per heavy atom. The van der Waals surface area contributed by atoms with Gasteiger partial charge in [0.2, 0.25) is 0 Å². The second-order valence-corrected chi connectivity index (χ2v) is 3.84. The third-order valence-corrected chi connectivity index (χ3v) is 2.58. The molecule has 0 amide bonds. The van der Waals surface area contributed by atoms with Crippen molar-refractivity contribution in [3.05, 3.63) is 47.3 Å². The van der Waals surface area contributed by atoms with Crippen LogP contribution in [0.1, 0.15) is 29.2 Å². The van der Waals surface area contributed by atoms with E-state index in [0.29, 0.717) is 0 Å². The van der Waals surface area contributed by atoms with Crippen LogP contribution >= 0.6 is 0 Å². The molecule has 0 aliphatic carbocycles. The van der Waals surface area contributed by atoms with Crippen LogP contribution in [0.2, 0.25) is 0 Å². The summed E-state index contributed by atoms with van der Waals surface area (Å²) in [6.07, 6.45) is 2.54. The van der Waals surface area contributed by atoms with Gasteiger partial charge >= 0.3 is 0 Å². The first-order valence-corrected chi connectivity index (χ1v) is 5.15. The van der Waals surface area contributed by atoms with Gasteiger partial charge in [-0.1, -0.05) is 12.1 Å². The first-order chi connectivity index (χ1) is 7.10. The highest BCUT2D eigenvalue weighted by Crippen LogP contribution is 2.25. The number of benzene rings is 1. The second kappa shape index (κ2) is 5.08. The van der Waals surface area contributed by atoms with Gasteiger partial charge in [-0.05, 0) is 44.5 Å². The summed E-state index contributed by atoms with van der Waals surface area (Å²) >= 11 is 0. The highest BCUT2D eigenvalue weighted by atomic mass is 19.1. The van der Waals surface area contributed by atoms with E-state index in [4.69, 9.17) is 0 Å². The van der Waals surface area contributed by atoms with Crippen LogP contribution in [0, 0.1) is 19.7 Å². The maximum Gasteiger partial charge on any atom is 0.128 e. The van der Waals surface area contributed by atoms with Gasteiger partial charge in [-0.2, -0.15) is 0 Å².